The Bertz CT molecular complexity index is 198. The molecule has 0 N–H and O–H groups in total. The van der Waals surface area contributed by atoms with Crippen molar-refractivity contribution in [3.8, 4) is 0 Å². The Morgan fingerprint density at radius 1 is 1.19 bits per heavy atom. The summed E-state index contributed by atoms with van der Waals surface area (Å²) in [5.74, 6) is 0. The largest absolute Gasteiger partial charge is 0.379 e. The molecule has 0 aromatic carbocycles. The summed E-state index contributed by atoms with van der Waals surface area (Å²) in [7, 11) is 1.76. The van der Waals surface area contributed by atoms with Crippen LogP contribution < -0.4 is 0 Å². The maximum Gasteiger partial charge on any atom is 0.0778 e. The summed E-state index contributed by atoms with van der Waals surface area (Å²) in [4.78, 5) is 0. The molecule has 3 heteroatoms. The Morgan fingerprint density at radius 3 is 2.31 bits per heavy atom. The number of rotatable bonds is 6. The highest BCUT2D eigenvalue weighted by molar-refractivity contribution is 9.09. The monoisotopic (exact) mass is 292 g/mol. The molecule has 0 spiro atoms. The predicted molar refractivity (Wildman–Crippen MR) is 71.3 cm³/mol. The molecule has 0 amide bonds. The minimum absolute atomic E-state index is 0.0673. The minimum atomic E-state index is -0.0673. The second-order valence-electron chi connectivity index (χ2n) is 5.44. The van der Waals surface area contributed by atoms with Crippen molar-refractivity contribution in [2.24, 2.45) is 0 Å². The summed E-state index contributed by atoms with van der Waals surface area (Å²) >= 11 is 3.61. The van der Waals surface area contributed by atoms with Crippen molar-refractivity contribution >= 4 is 15.9 Å². The standard InChI is InChI=1S/C13H25BrO2/c1-12(2,15-3)9-10-16-13(11-14)7-5-4-6-8-13/h4-11H2,1-3H3. The van der Waals surface area contributed by atoms with Gasteiger partial charge in [0.25, 0.3) is 0 Å². The van der Waals surface area contributed by atoms with Crippen LogP contribution in [0.5, 0.6) is 0 Å². The number of methoxy groups -OCH3 is 1. The van der Waals surface area contributed by atoms with Crippen LogP contribution in [0, 0.1) is 0 Å². The van der Waals surface area contributed by atoms with Crippen molar-refractivity contribution < 1.29 is 9.47 Å². The van der Waals surface area contributed by atoms with Crippen molar-refractivity contribution in [1.29, 1.82) is 0 Å². The zero-order chi connectivity index (χ0) is 12.1. The number of halogens is 1. The van der Waals surface area contributed by atoms with Gasteiger partial charge in [0.2, 0.25) is 0 Å². The van der Waals surface area contributed by atoms with Gasteiger partial charge >= 0.3 is 0 Å². The van der Waals surface area contributed by atoms with E-state index in [9.17, 15) is 0 Å². The Labute approximate surface area is 108 Å². The van der Waals surface area contributed by atoms with Gasteiger partial charge in [0.15, 0.2) is 0 Å². The van der Waals surface area contributed by atoms with Crippen LogP contribution >= 0.6 is 15.9 Å². The molecular weight excluding hydrogens is 268 g/mol. The van der Waals surface area contributed by atoms with E-state index in [-0.39, 0.29) is 11.2 Å². The zero-order valence-electron chi connectivity index (χ0n) is 10.9. The normalized spacial score (nSPS) is 21.0. The molecule has 0 aliphatic heterocycles. The molecule has 1 fully saturated rings. The molecule has 16 heavy (non-hydrogen) atoms. The summed E-state index contributed by atoms with van der Waals surface area (Å²) in [6.07, 6.45) is 7.33. The quantitative estimate of drug-likeness (QED) is 0.691. The molecule has 2 nitrogen and oxygen atoms in total. The average molecular weight is 293 g/mol. The smallest absolute Gasteiger partial charge is 0.0778 e. The first-order valence-corrected chi connectivity index (χ1v) is 7.41. The zero-order valence-corrected chi connectivity index (χ0v) is 12.4. The molecule has 1 rings (SSSR count). The maximum absolute atomic E-state index is 6.13. The van der Waals surface area contributed by atoms with Gasteiger partial charge in [-0.3, -0.25) is 0 Å². The van der Waals surface area contributed by atoms with Crippen molar-refractivity contribution in [3.05, 3.63) is 0 Å². The van der Waals surface area contributed by atoms with Gasteiger partial charge in [-0.2, -0.15) is 0 Å². The number of hydrogen-bond donors (Lipinski definition) is 0. The van der Waals surface area contributed by atoms with Crippen LogP contribution in [0.15, 0.2) is 0 Å². The first-order chi connectivity index (χ1) is 7.54. The number of ether oxygens (including phenoxy) is 2. The molecule has 1 saturated carbocycles. The highest BCUT2D eigenvalue weighted by Crippen LogP contribution is 2.33. The highest BCUT2D eigenvalue weighted by atomic mass is 79.9. The van der Waals surface area contributed by atoms with Crippen LogP contribution in [0.25, 0.3) is 0 Å². The van der Waals surface area contributed by atoms with Gasteiger partial charge in [0.1, 0.15) is 0 Å². The van der Waals surface area contributed by atoms with E-state index in [1.54, 1.807) is 7.11 Å². The van der Waals surface area contributed by atoms with Crippen LogP contribution in [0.4, 0.5) is 0 Å². The van der Waals surface area contributed by atoms with Gasteiger partial charge in [-0.05, 0) is 33.1 Å². The second-order valence-corrected chi connectivity index (χ2v) is 6.00. The lowest BCUT2D eigenvalue weighted by Gasteiger charge is -2.36. The lowest BCUT2D eigenvalue weighted by atomic mass is 9.86. The Balaban J connectivity index is 2.33. The molecule has 0 bridgehead atoms. The van der Waals surface area contributed by atoms with E-state index < -0.39 is 0 Å². The Morgan fingerprint density at radius 2 is 1.81 bits per heavy atom. The Kier molecular flexibility index (Phi) is 5.75. The predicted octanol–water partition coefficient (Wildman–Crippen LogP) is 3.92. The van der Waals surface area contributed by atoms with Gasteiger partial charge in [0, 0.05) is 12.4 Å². The van der Waals surface area contributed by atoms with Crippen molar-refractivity contribution in [1.82, 2.24) is 0 Å². The fourth-order valence-electron chi connectivity index (χ4n) is 2.13. The van der Waals surface area contributed by atoms with Crippen LogP contribution in [-0.4, -0.2) is 30.2 Å². The summed E-state index contributed by atoms with van der Waals surface area (Å²) < 4.78 is 11.5. The molecule has 0 saturated heterocycles. The van der Waals surface area contributed by atoms with Gasteiger partial charge in [-0.1, -0.05) is 35.2 Å². The maximum atomic E-state index is 6.13. The summed E-state index contributed by atoms with van der Waals surface area (Å²) in [5, 5.41) is 0.966. The average Bonchev–Trinajstić information content (AvgIpc) is 2.30. The third kappa shape index (κ3) is 4.34. The van der Waals surface area contributed by atoms with E-state index in [1.165, 1.54) is 32.1 Å². The fraction of sp³-hybridized carbons (Fsp3) is 1.00. The summed E-state index contributed by atoms with van der Waals surface area (Å²) in [5.41, 5.74) is 0.0320. The third-order valence-electron chi connectivity index (χ3n) is 3.67. The summed E-state index contributed by atoms with van der Waals surface area (Å²) in [6.45, 7) is 5.02. The van der Waals surface area contributed by atoms with Gasteiger partial charge in [-0.25, -0.2) is 0 Å². The minimum Gasteiger partial charge on any atom is -0.379 e. The molecule has 0 heterocycles. The van der Waals surface area contributed by atoms with Crippen molar-refractivity contribution in [2.75, 3.05) is 19.0 Å². The first kappa shape index (κ1) is 14.5. The van der Waals surface area contributed by atoms with Crippen LogP contribution in [0.1, 0.15) is 52.4 Å². The first-order valence-electron chi connectivity index (χ1n) is 6.29. The molecule has 0 radical (unpaired) electrons. The molecule has 0 aromatic heterocycles. The highest BCUT2D eigenvalue weighted by Gasteiger charge is 2.32. The van der Waals surface area contributed by atoms with Gasteiger partial charge < -0.3 is 9.47 Å². The molecule has 0 atom stereocenters. The SMILES string of the molecule is COC(C)(C)CCOC1(CBr)CCCCC1. The lowest BCUT2D eigenvalue weighted by Crippen LogP contribution is -2.38. The molecule has 1 aliphatic rings. The van der Waals surface area contributed by atoms with Crippen molar-refractivity contribution in [3.63, 3.8) is 0 Å². The van der Waals surface area contributed by atoms with E-state index in [0.29, 0.717) is 0 Å². The van der Waals surface area contributed by atoms with Crippen LogP contribution in [-0.2, 0) is 9.47 Å². The topological polar surface area (TPSA) is 18.5 Å². The Hall–Kier alpha value is 0.400. The van der Waals surface area contributed by atoms with Crippen LogP contribution in [0.2, 0.25) is 0 Å². The molecule has 1 aliphatic carbocycles. The molecule has 96 valence electrons. The molecule has 0 unspecified atom stereocenters. The van der Waals surface area contributed by atoms with E-state index in [2.05, 4.69) is 29.8 Å². The fourth-order valence-corrected chi connectivity index (χ4v) is 2.85. The molecular formula is C13H25BrO2. The van der Waals surface area contributed by atoms with Gasteiger partial charge in [-0.15, -0.1) is 0 Å². The van der Waals surface area contributed by atoms with Crippen molar-refractivity contribution in [2.45, 2.75) is 63.6 Å². The second kappa shape index (κ2) is 6.36. The van der Waals surface area contributed by atoms with Gasteiger partial charge in [0.05, 0.1) is 17.8 Å². The number of alkyl halides is 1. The van der Waals surface area contributed by atoms with E-state index in [4.69, 9.17) is 9.47 Å². The lowest BCUT2D eigenvalue weighted by molar-refractivity contribution is -0.0785. The van der Waals surface area contributed by atoms with E-state index >= 15 is 0 Å². The summed E-state index contributed by atoms with van der Waals surface area (Å²) in [6, 6.07) is 0. The number of hydrogen-bond acceptors (Lipinski definition) is 2. The van der Waals surface area contributed by atoms with Crippen LogP contribution in [0.3, 0.4) is 0 Å². The molecule has 0 aromatic rings. The third-order valence-corrected chi connectivity index (χ3v) is 4.70. The van der Waals surface area contributed by atoms with E-state index in [0.717, 1.165) is 18.4 Å². The van der Waals surface area contributed by atoms with E-state index in [1.807, 2.05) is 0 Å².